The Bertz CT molecular complexity index is 4010. The first kappa shape index (κ1) is 55.6. The zero-order valence-corrected chi connectivity index (χ0v) is 44.5. The fraction of sp³-hybridized carbons (Fsp3) is 0. The van der Waals surface area contributed by atoms with E-state index in [-0.39, 0.29) is 44.5 Å². The third kappa shape index (κ3) is 11.1. The molecule has 0 aliphatic carbocycles. The molecule has 16 nitrogen and oxygen atoms in total. The molecule has 0 spiro atoms. The average Bonchev–Trinajstić information content (AvgIpc) is 1.01. The fourth-order valence-corrected chi connectivity index (χ4v) is 10.6. The average molecular weight is 1140 g/mol. The number of carboxylic acid groups (broad SMARTS) is 8. The first-order valence-corrected chi connectivity index (χ1v) is 26.1. The van der Waals surface area contributed by atoms with Gasteiger partial charge in [0.05, 0.1) is 44.5 Å². The second-order valence-corrected chi connectivity index (χ2v) is 20.3. The van der Waals surface area contributed by atoms with Gasteiger partial charge in [-0.1, -0.05) is 97.1 Å². The highest BCUT2D eigenvalue weighted by Crippen LogP contribution is 2.43. The summed E-state index contributed by atoms with van der Waals surface area (Å²) < 4.78 is 0. The number of fused-ring (bicyclic) bond motifs is 2. The van der Waals surface area contributed by atoms with Gasteiger partial charge in [-0.05, 0) is 220 Å². The molecule has 8 N–H and O–H groups in total. The van der Waals surface area contributed by atoms with Gasteiger partial charge >= 0.3 is 47.8 Å². The summed E-state index contributed by atoms with van der Waals surface area (Å²) in [5, 5.41) is 81.7. The first-order chi connectivity index (χ1) is 41.1. The van der Waals surface area contributed by atoms with Gasteiger partial charge in [-0.3, -0.25) is 0 Å². The molecule has 0 amide bonds. The molecule has 0 saturated heterocycles. The van der Waals surface area contributed by atoms with Gasteiger partial charge in [-0.2, -0.15) is 0 Å². The van der Waals surface area contributed by atoms with Gasteiger partial charge in [0.15, 0.2) is 0 Å². The molecule has 0 heterocycles. The Kier molecular flexibility index (Phi) is 14.4. The van der Waals surface area contributed by atoms with E-state index in [1.54, 1.807) is 48.5 Å². The summed E-state index contributed by atoms with van der Waals surface area (Å²) in [6, 6.07) is 56.4. The summed E-state index contributed by atoms with van der Waals surface area (Å²) in [6.07, 6.45) is 0. The number of aromatic carboxylic acids is 8. The number of rotatable bonds is 16. The van der Waals surface area contributed by atoms with Crippen LogP contribution in [0.15, 0.2) is 206 Å². The van der Waals surface area contributed by atoms with E-state index in [1.807, 2.05) is 84.9 Å². The van der Waals surface area contributed by atoms with Gasteiger partial charge in [-0.15, -0.1) is 0 Å². The predicted molar refractivity (Wildman–Crippen MR) is 321 cm³/mol. The van der Waals surface area contributed by atoms with Crippen molar-refractivity contribution in [2.45, 2.75) is 0 Å². The third-order valence-electron chi connectivity index (χ3n) is 14.9. The van der Waals surface area contributed by atoms with E-state index < -0.39 is 47.8 Å². The normalized spacial score (nSPS) is 11.1. The molecule has 11 rings (SSSR count). The summed E-state index contributed by atoms with van der Waals surface area (Å²) in [5.41, 5.74) is 7.94. The minimum atomic E-state index is -1.29. The number of carbonyl (C=O) groups is 8. The molecule has 0 radical (unpaired) electrons. The van der Waals surface area contributed by atoms with E-state index in [4.69, 9.17) is 0 Å². The molecular weight excluding hydrogens is 1100 g/mol. The van der Waals surface area contributed by atoms with Crippen LogP contribution in [-0.4, -0.2) is 88.6 Å². The molecule has 0 bridgehead atoms. The van der Waals surface area contributed by atoms with Crippen molar-refractivity contribution in [1.29, 1.82) is 0 Å². The van der Waals surface area contributed by atoms with Crippen LogP contribution in [0.2, 0.25) is 0 Å². The van der Waals surface area contributed by atoms with E-state index in [1.165, 1.54) is 48.5 Å². The molecule has 0 unspecified atom stereocenters. The molecule has 0 fully saturated rings. The Balaban J connectivity index is 1.08. The van der Waals surface area contributed by atoms with Crippen molar-refractivity contribution in [3.63, 3.8) is 0 Å². The maximum absolute atomic E-state index is 12.0. The van der Waals surface area contributed by atoms with Crippen molar-refractivity contribution in [2.24, 2.45) is 0 Å². The highest BCUT2D eigenvalue weighted by molar-refractivity contribution is 6.08. The van der Waals surface area contributed by atoms with Crippen molar-refractivity contribution in [3.05, 3.63) is 251 Å². The van der Waals surface area contributed by atoms with Crippen LogP contribution in [0.3, 0.4) is 0 Å². The SMILES string of the molecule is O=C(O)c1cc(C(=O)O)cc(-c2ccc(-c3cc4cc5cc(-c6ccc(-c7cc(C(=O)O)cc(C(=O)O)c7)cc6)c(-c6ccc(-c7cc(C(=O)O)cc(C(=O)O)c7)cc6)cc5cc4cc3-c3ccc(-c4cc(C(=O)O)cc(C(=O)O)c4)cc3)cc2)c1. The lowest BCUT2D eigenvalue weighted by molar-refractivity contribution is 0.0676. The van der Waals surface area contributed by atoms with Crippen LogP contribution in [0.1, 0.15) is 82.9 Å². The zero-order chi connectivity index (χ0) is 60.8. The second kappa shape index (κ2) is 22.2. The highest BCUT2D eigenvalue weighted by Gasteiger charge is 2.20. The standard InChI is InChI=1S/C70H42O16/c71-63(72)51-19-43(20-52(27-51)64(73)74)35-1-9-39(10-2-35)59-31-47-17-49-33-61(41-13-5-37(6-14-41)45-23-55(67(79)80)29-56(24-45)68(81)82)62(42-15-7-38(8-16-42)46-25-57(69(83)84)30-58(26-46)70(85)86)34-50(49)18-48(47)32-60(59)40-11-3-36(4-12-40)44-21-53(65(75)76)28-54(22-44)66(77)78/h1-34H,(H,71,72)(H,73,74)(H,75,76)(H,77,78)(H,79,80)(H,81,82)(H,83,84)(H,85,86). The smallest absolute Gasteiger partial charge is 0.335 e. The van der Waals surface area contributed by atoms with Crippen molar-refractivity contribution in [1.82, 2.24) is 0 Å². The quantitative estimate of drug-likeness (QED) is 0.0417. The zero-order valence-electron chi connectivity index (χ0n) is 44.5. The monoisotopic (exact) mass is 1140 g/mol. The largest absolute Gasteiger partial charge is 0.478 e. The van der Waals surface area contributed by atoms with Crippen LogP contribution in [0.5, 0.6) is 0 Å². The fourth-order valence-electron chi connectivity index (χ4n) is 10.6. The van der Waals surface area contributed by atoms with Crippen LogP contribution in [0.4, 0.5) is 0 Å². The molecule has 0 atom stereocenters. The van der Waals surface area contributed by atoms with Crippen LogP contribution >= 0.6 is 0 Å². The second-order valence-electron chi connectivity index (χ2n) is 20.3. The van der Waals surface area contributed by atoms with Gasteiger partial charge in [0, 0.05) is 0 Å². The van der Waals surface area contributed by atoms with Crippen LogP contribution < -0.4 is 0 Å². The molecule has 16 heteroatoms. The maximum Gasteiger partial charge on any atom is 0.335 e. The van der Waals surface area contributed by atoms with Gasteiger partial charge < -0.3 is 40.9 Å². The molecule has 0 aliphatic rings. The van der Waals surface area contributed by atoms with Crippen LogP contribution in [0, 0.1) is 0 Å². The minimum absolute atomic E-state index is 0.201. The first-order valence-electron chi connectivity index (χ1n) is 26.1. The van der Waals surface area contributed by atoms with E-state index in [0.717, 1.165) is 90.3 Å². The molecule has 86 heavy (non-hydrogen) atoms. The van der Waals surface area contributed by atoms with E-state index in [0.29, 0.717) is 44.5 Å². The highest BCUT2D eigenvalue weighted by atomic mass is 16.4. The summed E-state index contributed by atoms with van der Waals surface area (Å²) in [4.78, 5) is 96.3. The minimum Gasteiger partial charge on any atom is -0.478 e. The van der Waals surface area contributed by atoms with E-state index in [2.05, 4.69) is 0 Å². The van der Waals surface area contributed by atoms with Gasteiger partial charge in [0.1, 0.15) is 0 Å². The Morgan fingerprint density at radius 2 is 0.302 bits per heavy atom. The van der Waals surface area contributed by atoms with E-state index in [9.17, 15) is 79.2 Å². The molecular formula is C70H42O16. The number of benzene rings is 11. The van der Waals surface area contributed by atoms with Crippen molar-refractivity contribution in [3.8, 4) is 89.0 Å². The maximum atomic E-state index is 12.0. The van der Waals surface area contributed by atoms with Crippen molar-refractivity contribution >= 4 is 69.3 Å². The van der Waals surface area contributed by atoms with Gasteiger partial charge in [0.2, 0.25) is 0 Å². The lowest BCUT2D eigenvalue weighted by Gasteiger charge is -2.17. The summed E-state index contributed by atoms with van der Waals surface area (Å²) in [7, 11) is 0. The van der Waals surface area contributed by atoms with Gasteiger partial charge in [-0.25, -0.2) is 38.4 Å². The molecule has 11 aromatic carbocycles. The van der Waals surface area contributed by atoms with Crippen molar-refractivity contribution in [2.75, 3.05) is 0 Å². The molecule has 0 aromatic heterocycles. The van der Waals surface area contributed by atoms with Crippen molar-refractivity contribution < 1.29 is 79.2 Å². The number of hydrogen-bond acceptors (Lipinski definition) is 8. The molecule has 0 aliphatic heterocycles. The topological polar surface area (TPSA) is 298 Å². The third-order valence-corrected chi connectivity index (χ3v) is 14.9. The molecule has 418 valence electrons. The Labute approximate surface area is 486 Å². The number of carboxylic acids is 8. The number of hydrogen-bond donors (Lipinski definition) is 8. The van der Waals surface area contributed by atoms with Crippen LogP contribution in [0.25, 0.3) is 111 Å². The lowest BCUT2D eigenvalue weighted by atomic mass is 9.87. The Morgan fingerprint density at radius 3 is 0.442 bits per heavy atom. The molecule has 11 aromatic rings. The molecule has 0 saturated carbocycles. The predicted octanol–water partition coefficient (Wildman–Crippen LogP) is 14.9. The summed E-state index contributed by atoms with van der Waals surface area (Å²) in [6.45, 7) is 0. The Morgan fingerprint density at radius 1 is 0.163 bits per heavy atom. The van der Waals surface area contributed by atoms with Crippen LogP contribution in [-0.2, 0) is 0 Å². The summed E-state index contributed by atoms with van der Waals surface area (Å²) in [5.74, 6) is -10.4. The Hall–Kier alpha value is -12.3. The lowest BCUT2D eigenvalue weighted by Crippen LogP contribution is -2.03. The summed E-state index contributed by atoms with van der Waals surface area (Å²) >= 11 is 0. The van der Waals surface area contributed by atoms with E-state index >= 15 is 0 Å². The van der Waals surface area contributed by atoms with Gasteiger partial charge in [0.25, 0.3) is 0 Å².